The zero-order valence-electron chi connectivity index (χ0n) is 8.37. The molecule has 0 aromatic carbocycles. The Bertz CT molecular complexity index is 380. The van der Waals surface area contributed by atoms with Gasteiger partial charge in [0.25, 0.3) is 0 Å². The van der Waals surface area contributed by atoms with Crippen LogP contribution < -0.4 is 11.1 Å². The molecule has 0 amide bonds. The number of nitrogens with one attached hydrogen (secondary N) is 1. The first kappa shape index (κ1) is 9.45. The predicted molar refractivity (Wildman–Crippen MR) is 60.7 cm³/mol. The van der Waals surface area contributed by atoms with Gasteiger partial charge in [-0.25, -0.2) is 0 Å². The molecule has 3 N–H and O–H groups in total. The molecule has 76 valence electrons. The maximum atomic E-state index is 5.59. The van der Waals surface area contributed by atoms with Crippen molar-refractivity contribution in [3.05, 3.63) is 11.3 Å². The van der Waals surface area contributed by atoms with Crippen molar-refractivity contribution in [1.29, 1.82) is 0 Å². The van der Waals surface area contributed by atoms with Gasteiger partial charge in [0.2, 0.25) is 0 Å². The Labute approximate surface area is 88.5 Å². The summed E-state index contributed by atoms with van der Waals surface area (Å²) in [6.45, 7) is 5.21. The molecule has 1 aromatic heterocycles. The third-order valence-electron chi connectivity index (χ3n) is 2.44. The summed E-state index contributed by atoms with van der Waals surface area (Å²) in [5.74, 6) is 1.40. The van der Waals surface area contributed by atoms with Crippen LogP contribution in [0.2, 0.25) is 0 Å². The molecule has 0 aliphatic carbocycles. The molecule has 0 radical (unpaired) electrons. The molecule has 5 heteroatoms. The van der Waals surface area contributed by atoms with Gasteiger partial charge in [-0.1, -0.05) is 13.8 Å². The van der Waals surface area contributed by atoms with Gasteiger partial charge in [0.15, 0.2) is 5.11 Å². The van der Waals surface area contributed by atoms with E-state index in [0.717, 1.165) is 24.5 Å². The number of anilines is 1. The van der Waals surface area contributed by atoms with E-state index in [2.05, 4.69) is 24.3 Å². The Hall–Kier alpha value is -1.10. The van der Waals surface area contributed by atoms with Crippen LogP contribution in [0.5, 0.6) is 0 Å². The van der Waals surface area contributed by atoms with E-state index in [4.69, 9.17) is 18.0 Å². The first-order valence-corrected chi connectivity index (χ1v) is 5.17. The normalized spacial score (nSPS) is 14.2. The Morgan fingerprint density at radius 2 is 2.36 bits per heavy atom. The molecule has 0 saturated carbocycles. The van der Waals surface area contributed by atoms with Crippen molar-refractivity contribution in [3.63, 3.8) is 0 Å². The number of aromatic nitrogens is 2. The predicted octanol–water partition coefficient (Wildman–Crippen LogP) is 1.07. The van der Waals surface area contributed by atoms with E-state index in [1.807, 2.05) is 0 Å². The van der Waals surface area contributed by atoms with E-state index < -0.39 is 0 Å². The standard InChI is InChI=1S/C9H14N4S/c1-5(2)7-6-3-4-11-8(6)13(12-7)9(10)14/h5,11H,3-4H2,1-2H3,(H2,10,14). The fourth-order valence-electron chi connectivity index (χ4n) is 1.82. The molecule has 0 atom stereocenters. The van der Waals surface area contributed by atoms with Gasteiger partial charge in [-0.2, -0.15) is 9.78 Å². The highest BCUT2D eigenvalue weighted by atomic mass is 32.1. The SMILES string of the molecule is CC(C)c1nn(C(N)=S)c2c1CCN2. The zero-order chi connectivity index (χ0) is 10.3. The number of nitrogens with two attached hydrogens (primary N) is 1. The summed E-state index contributed by atoms with van der Waals surface area (Å²) in [7, 11) is 0. The highest BCUT2D eigenvalue weighted by Gasteiger charge is 2.24. The molecule has 0 fully saturated rings. The van der Waals surface area contributed by atoms with Crippen LogP contribution in [-0.2, 0) is 6.42 Å². The van der Waals surface area contributed by atoms with Crippen LogP contribution >= 0.6 is 12.2 Å². The van der Waals surface area contributed by atoms with E-state index in [9.17, 15) is 0 Å². The van der Waals surface area contributed by atoms with E-state index >= 15 is 0 Å². The van der Waals surface area contributed by atoms with Crippen molar-refractivity contribution in [1.82, 2.24) is 9.78 Å². The zero-order valence-corrected chi connectivity index (χ0v) is 9.19. The Morgan fingerprint density at radius 3 is 2.93 bits per heavy atom. The maximum Gasteiger partial charge on any atom is 0.193 e. The minimum atomic E-state index is 0.308. The summed E-state index contributed by atoms with van der Waals surface area (Å²) in [5.41, 5.74) is 7.97. The smallest absolute Gasteiger partial charge is 0.193 e. The second kappa shape index (κ2) is 3.24. The molecule has 2 rings (SSSR count). The summed E-state index contributed by atoms with van der Waals surface area (Å²) < 4.78 is 1.63. The van der Waals surface area contributed by atoms with Crippen molar-refractivity contribution in [2.45, 2.75) is 26.2 Å². The van der Waals surface area contributed by atoms with Crippen LogP contribution in [0.15, 0.2) is 0 Å². The third kappa shape index (κ3) is 1.28. The van der Waals surface area contributed by atoms with Crippen molar-refractivity contribution >= 4 is 23.1 Å². The summed E-state index contributed by atoms with van der Waals surface area (Å²) in [5, 5.41) is 7.98. The van der Waals surface area contributed by atoms with Gasteiger partial charge < -0.3 is 11.1 Å². The van der Waals surface area contributed by atoms with Gasteiger partial charge in [0.1, 0.15) is 5.82 Å². The van der Waals surface area contributed by atoms with E-state index in [1.165, 1.54) is 5.56 Å². The Kier molecular flexibility index (Phi) is 2.19. The molecular weight excluding hydrogens is 196 g/mol. The lowest BCUT2D eigenvalue weighted by Crippen LogP contribution is -2.22. The molecule has 2 heterocycles. The number of hydrogen-bond donors (Lipinski definition) is 2. The summed E-state index contributed by atoms with van der Waals surface area (Å²) >= 11 is 4.94. The quantitative estimate of drug-likeness (QED) is 0.681. The maximum absolute atomic E-state index is 5.59. The second-order valence-electron chi connectivity index (χ2n) is 3.79. The highest BCUT2D eigenvalue weighted by Crippen LogP contribution is 2.29. The number of thiocarbonyl (C=S) groups is 1. The molecule has 14 heavy (non-hydrogen) atoms. The van der Waals surface area contributed by atoms with Crippen molar-refractivity contribution in [2.75, 3.05) is 11.9 Å². The fraction of sp³-hybridized carbons (Fsp3) is 0.556. The monoisotopic (exact) mass is 210 g/mol. The summed E-state index contributed by atoms with van der Waals surface area (Å²) in [4.78, 5) is 0. The molecule has 0 bridgehead atoms. The summed E-state index contributed by atoms with van der Waals surface area (Å²) in [6.07, 6.45) is 1.02. The van der Waals surface area contributed by atoms with Crippen LogP contribution in [0.1, 0.15) is 31.0 Å². The van der Waals surface area contributed by atoms with Crippen LogP contribution in [-0.4, -0.2) is 21.4 Å². The highest BCUT2D eigenvalue weighted by molar-refractivity contribution is 7.80. The van der Waals surface area contributed by atoms with E-state index in [-0.39, 0.29) is 0 Å². The number of rotatable bonds is 1. The van der Waals surface area contributed by atoms with Crippen molar-refractivity contribution in [3.8, 4) is 0 Å². The van der Waals surface area contributed by atoms with Gasteiger partial charge in [-0.3, -0.25) is 0 Å². The fourth-order valence-corrected chi connectivity index (χ4v) is 1.96. The van der Waals surface area contributed by atoms with Crippen LogP contribution in [0.3, 0.4) is 0 Å². The van der Waals surface area contributed by atoms with Gasteiger partial charge >= 0.3 is 0 Å². The molecule has 0 spiro atoms. The molecular formula is C9H14N4S. The molecule has 4 nitrogen and oxygen atoms in total. The first-order chi connectivity index (χ1) is 6.61. The van der Waals surface area contributed by atoms with Gasteiger partial charge in [0, 0.05) is 12.1 Å². The topological polar surface area (TPSA) is 55.9 Å². The largest absolute Gasteiger partial charge is 0.374 e. The van der Waals surface area contributed by atoms with Crippen molar-refractivity contribution < 1.29 is 0 Å². The number of nitrogens with zero attached hydrogens (tertiary/aromatic N) is 2. The van der Waals surface area contributed by atoms with E-state index in [0.29, 0.717) is 11.0 Å². The molecule has 0 unspecified atom stereocenters. The summed E-state index contributed by atoms with van der Waals surface area (Å²) in [6, 6.07) is 0. The molecule has 1 aliphatic rings. The second-order valence-corrected chi connectivity index (χ2v) is 4.21. The van der Waals surface area contributed by atoms with Crippen LogP contribution in [0.25, 0.3) is 0 Å². The number of fused-ring (bicyclic) bond motifs is 1. The first-order valence-electron chi connectivity index (χ1n) is 4.76. The van der Waals surface area contributed by atoms with Crippen LogP contribution in [0, 0.1) is 0 Å². The van der Waals surface area contributed by atoms with Gasteiger partial charge in [-0.05, 0) is 24.6 Å². The lowest BCUT2D eigenvalue weighted by atomic mass is 10.1. The lowest BCUT2D eigenvalue weighted by molar-refractivity contribution is 0.771. The Balaban J connectivity index is 2.55. The molecule has 1 aromatic rings. The lowest BCUT2D eigenvalue weighted by Gasteiger charge is -2.03. The van der Waals surface area contributed by atoms with Gasteiger partial charge in [0.05, 0.1) is 5.69 Å². The van der Waals surface area contributed by atoms with Crippen molar-refractivity contribution in [2.24, 2.45) is 5.73 Å². The minimum Gasteiger partial charge on any atom is -0.374 e. The average molecular weight is 210 g/mol. The number of hydrogen-bond acceptors (Lipinski definition) is 3. The molecule has 0 saturated heterocycles. The average Bonchev–Trinajstić information content (AvgIpc) is 2.59. The van der Waals surface area contributed by atoms with Crippen LogP contribution in [0.4, 0.5) is 5.82 Å². The third-order valence-corrected chi connectivity index (χ3v) is 2.61. The van der Waals surface area contributed by atoms with E-state index in [1.54, 1.807) is 4.68 Å². The minimum absolute atomic E-state index is 0.308. The van der Waals surface area contributed by atoms with Gasteiger partial charge in [-0.15, -0.1) is 0 Å². The molecule has 1 aliphatic heterocycles. The Morgan fingerprint density at radius 1 is 1.64 bits per heavy atom.